The molecule has 1 unspecified atom stereocenters. The lowest BCUT2D eigenvalue weighted by atomic mass is 9.95. The summed E-state index contributed by atoms with van der Waals surface area (Å²) in [5, 5.41) is 3.04. The van der Waals surface area contributed by atoms with Gasteiger partial charge in [0.05, 0.1) is 19.8 Å². The highest BCUT2D eigenvalue weighted by Gasteiger charge is 2.31. The van der Waals surface area contributed by atoms with Crippen molar-refractivity contribution in [1.29, 1.82) is 0 Å². The number of rotatable bonds is 11. The Kier molecular flexibility index (Phi) is 9.92. The summed E-state index contributed by atoms with van der Waals surface area (Å²) in [6, 6.07) is 0. The van der Waals surface area contributed by atoms with E-state index in [0.29, 0.717) is 26.4 Å². The molecule has 0 spiro atoms. The number of hydrogen-bond acceptors (Lipinski definition) is 5. The van der Waals surface area contributed by atoms with Gasteiger partial charge in [-0.05, 0) is 40.2 Å². The Labute approximate surface area is 110 Å². The molecule has 0 radical (unpaired) electrons. The predicted octanol–water partition coefficient (Wildman–Crippen LogP) is 1.36. The summed E-state index contributed by atoms with van der Waals surface area (Å²) in [5.74, 6) is -0.187. The lowest BCUT2D eigenvalue weighted by Gasteiger charge is -2.26. The van der Waals surface area contributed by atoms with Crippen molar-refractivity contribution in [3.05, 3.63) is 0 Å². The molecule has 5 heteroatoms. The van der Waals surface area contributed by atoms with Crippen molar-refractivity contribution in [3.63, 3.8) is 0 Å². The molecule has 0 aromatic rings. The van der Waals surface area contributed by atoms with Gasteiger partial charge in [-0.2, -0.15) is 0 Å². The first-order valence-electron chi connectivity index (χ1n) is 6.53. The topological polar surface area (TPSA) is 56.8 Å². The van der Waals surface area contributed by atoms with Gasteiger partial charge in [0.2, 0.25) is 0 Å². The summed E-state index contributed by atoms with van der Waals surface area (Å²) in [5.41, 5.74) is -0.595. The van der Waals surface area contributed by atoms with Crippen LogP contribution in [0, 0.1) is 0 Å². The Balaban J connectivity index is 3.76. The smallest absolute Gasteiger partial charge is 0.326 e. The van der Waals surface area contributed by atoms with Gasteiger partial charge in [0.1, 0.15) is 5.54 Å². The number of methoxy groups -OCH3 is 1. The van der Waals surface area contributed by atoms with Crippen molar-refractivity contribution in [2.24, 2.45) is 0 Å². The Morgan fingerprint density at radius 2 is 1.94 bits per heavy atom. The zero-order valence-corrected chi connectivity index (χ0v) is 12.1. The van der Waals surface area contributed by atoms with Gasteiger partial charge in [0.15, 0.2) is 0 Å². The fourth-order valence-electron chi connectivity index (χ4n) is 1.55. The number of nitrogens with one attached hydrogen (secondary N) is 1. The van der Waals surface area contributed by atoms with Crippen LogP contribution in [0.15, 0.2) is 0 Å². The lowest BCUT2D eigenvalue weighted by Crippen LogP contribution is -2.48. The minimum atomic E-state index is -0.595. The summed E-state index contributed by atoms with van der Waals surface area (Å²) in [6.07, 6.45) is 2.60. The van der Waals surface area contributed by atoms with Crippen LogP contribution in [-0.4, -0.2) is 52.1 Å². The maximum absolute atomic E-state index is 11.8. The van der Waals surface area contributed by atoms with E-state index in [2.05, 4.69) is 5.32 Å². The highest BCUT2D eigenvalue weighted by molar-refractivity contribution is 5.80. The zero-order valence-electron chi connectivity index (χ0n) is 12.1. The molecule has 0 saturated heterocycles. The van der Waals surface area contributed by atoms with E-state index in [1.54, 1.807) is 14.2 Å². The molecule has 1 atom stereocenters. The first kappa shape index (κ1) is 17.4. The van der Waals surface area contributed by atoms with Crippen molar-refractivity contribution in [3.8, 4) is 0 Å². The maximum Gasteiger partial charge on any atom is 0.326 e. The molecular weight excluding hydrogens is 234 g/mol. The number of carbonyl (C=O) groups excluding carboxylic acids is 1. The number of esters is 1. The summed E-state index contributed by atoms with van der Waals surface area (Å²) in [4.78, 5) is 11.8. The summed E-state index contributed by atoms with van der Waals surface area (Å²) >= 11 is 0. The van der Waals surface area contributed by atoms with E-state index in [1.165, 1.54) is 0 Å². The first-order chi connectivity index (χ1) is 8.60. The van der Waals surface area contributed by atoms with E-state index in [1.807, 2.05) is 13.8 Å². The second-order valence-corrected chi connectivity index (χ2v) is 4.36. The largest absolute Gasteiger partial charge is 0.465 e. The summed E-state index contributed by atoms with van der Waals surface area (Å²) < 4.78 is 15.3. The molecule has 1 N–H and O–H groups in total. The number of unbranched alkanes of at least 4 members (excludes halogenated alkanes) is 1. The molecule has 0 aliphatic heterocycles. The van der Waals surface area contributed by atoms with Gasteiger partial charge in [0, 0.05) is 13.7 Å². The highest BCUT2D eigenvalue weighted by Crippen LogP contribution is 2.15. The molecule has 0 saturated carbocycles. The second kappa shape index (κ2) is 10.3. The zero-order chi connectivity index (χ0) is 13.9. The van der Waals surface area contributed by atoms with Crippen molar-refractivity contribution in [2.45, 2.75) is 38.6 Å². The van der Waals surface area contributed by atoms with Crippen LogP contribution in [0.2, 0.25) is 0 Å². The molecule has 108 valence electrons. The molecule has 0 heterocycles. The molecule has 0 bridgehead atoms. The normalized spacial score (nSPS) is 14.2. The second-order valence-electron chi connectivity index (χ2n) is 4.36. The van der Waals surface area contributed by atoms with Crippen LogP contribution in [0.1, 0.15) is 33.1 Å². The van der Waals surface area contributed by atoms with Crippen LogP contribution >= 0.6 is 0 Å². The van der Waals surface area contributed by atoms with E-state index in [4.69, 9.17) is 14.2 Å². The van der Waals surface area contributed by atoms with Crippen molar-refractivity contribution >= 4 is 5.97 Å². The molecular formula is C13H27NO4. The van der Waals surface area contributed by atoms with E-state index >= 15 is 0 Å². The molecule has 0 aliphatic carbocycles. The monoisotopic (exact) mass is 261 g/mol. The molecule has 0 amide bonds. The van der Waals surface area contributed by atoms with Crippen LogP contribution in [0.4, 0.5) is 0 Å². The number of carbonyl (C=O) groups is 1. The van der Waals surface area contributed by atoms with Crippen LogP contribution in [0.5, 0.6) is 0 Å². The highest BCUT2D eigenvalue weighted by atomic mass is 16.5. The predicted molar refractivity (Wildman–Crippen MR) is 70.6 cm³/mol. The fourth-order valence-corrected chi connectivity index (χ4v) is 1.55. The average molecular weight is 261 g/mol. The number of ether oxygens (including phenoxy) is 3. The summed E-state index contributed by atoms with van der Waals surface area (Å²) in [7, 11) is 3.44. The quantitative estimate of drug-likeness (QED) is 0.449. The van der Waals surface area contributed by atoms with Gasteiger partial charge in [-0.25, -0.2) is 0 Å². The fraction of sp³-hybridized carbons (Fsp3) is 0.923. The minimum absolute atomic E-state index is 0.187. The van der Waals surface area contributed by atoms with Gasteiger partial charge >= 0.3 is 5.97 Å². The molecule has 0 aromatic carbocycles. The van der Waals surface area contributed by atoms with E-state index in [0.717, 1.165) is 19.3 Å². The molecule has 18 heavy (non-hydrogen) atoms. The van der Waals surface area contributed by atoms with Crippen LogP contribution in [-0.2, 0) is 19.0 Å². The van der Waals surface area contributed by atoms with Gasteiger partial charge in [-0.3, -0.25) is 4.79 Å². The number of likely N-dealkylation sites (N-methyl/N-ethyl adjacent to an activating group) is 1. The Hall–Kier alpha value is -0.650. The average Bonchev–Trinajstić information content (AvgIpc) is 2.37. The van der Waals surface area contributed by atoms with E-state index < -0.39 is 5.54 Å². The van der Waals surface area contributed by atoms with Crippen LogP contribution < -0.4 is 5.32 Å². The first-order valence-corrected chi connectivity index (χ1v) is 6.53. The van der Waals surface area contributed by atoms with Crippen LogP contribution in [0.3, 0.4) is 0 Å². The summed E-state index contributed by atoms with van der Waals surface area (Å²) in [6.45, 7) is 6.05. The number of hydrogen-bond donors (Lipinski definition) is 1. The van der Waals surface area contributed by atoms with Crippen molar-refractivity contribution in [2.75, 3.05) is 40.6 Å². The Morgan fingerprint density at radius 1 is 1.22 bits per heavy atom. The standard InChI is InChI=1S/C13H27NO4/c1-5-18-12(15)13(2,14-3)8-6-7-9-17-11-10-16-4/h14H,5-11H2,1-4H3. The van der Waals surface area contributed by atoms with Gasteiger partial charge in [-0.15, -0.1) is 0 Å². The third kappa shape index (κ3) is 6.93. The third-order valence-electron chi connectivity index (χ3n) is 2.92. The van der Waals surface area contributed by atoms with Gasteiger partial charge < -0.3 is 19.5 Å². The third-order valence-corrected chi connectivity index (χ3v) is 2.92. The maximum atomic E-state index is 11.8. The van der Waals surface area contributed by atoms with E-state index in [-0.39, 0.29) is 5.97 Å². The van der Waals surface area contributed by atoms with Crippen molar-refractivity contribution in [1.82, 2.24) is 5.32 Å². The molecule has 0 aromatic heterocycles. The van der Waals surface area contributed by atoms with Gasteiger partial charge in [0.25, 0.3) is 0 Å². The Bertz CT molecular complexity index is 223. The van der Waals surface area contributed by atoms with Crippen molar-refractivity contribution < 1.29 is 19.0 Å². The molecule has 0 rings (SSSR count). The molecule has 0 fully saturated rings. The minimum Gasteiger partial charge on any atom is -0.465 e. The SMILES string of the molecule is CCOC(=O)C(C)(CCCCOCCOC)NC. The molecule has 0 aliphatic rings. The molecule has 5 nitrogen and oxygen atoms in total. The van der Waals surface area contributed by atoms with E-state index in [9.17, 15) is 4.79 Å². The Morgan fingerprint density at radius 3 is 2.50 bits per heavy atom. The van der Waals surface area contributed by atoms with Crippen LogP contribution in [0.25, 0.3) is 0 Å². The van der Waals surface area contributed by atoms with Gasteiger partial charge in [-0.1, -0.05) is 0 Å². The lowest BCUT2D eigenvalue weighted by molar-refractivity contribution is -0.150.